The van der Waals surface area contributed by atoms with Crippen molar-refractivity contribution in [1.82, 2.24) is 0 Å². The van der Waals surface area contributed by atoms with E-state index in [9.17, 15) is 8.42 Å². The summed E-state index contributed by atoms with van der Waals surface area (Å²) in [6, 6.07) is 11.3. The number of halogens is 1. The lowest BCUT2D eigenvalue weighted by Crippen LogP contribution is -2.27. The van der Waals surface area contributed by atoms with Crippen LogP contribution in [-0.4, -0.2) is 27.3 Å². The fourth-order valence-corrected chi connectivity index (χ4v) is 4.73. The summed E-state index contributed by atoms with van der Waals surface area (Å²) in [4.78, 5) is 2.72. The number of unbranched alkanes of at least 4 members (excludes halogenated alkanes) is 2. The molecule has 0 radical (unpaired) electrons. The van der Waals surface area contributed by atoms with Crippen molar-refractivity contribution < 1.29 is 8.42 Å². The van der Waals surface area contributed by atoms with Crippen molar-refractivity contribution in [3.05, 3.63) is 53.6 Å². The number of hydrogen-bond acceptors (Lipinski definition) is 3. The van der Waals surface area contributed by atoms with Crippen LogP contribution in [0.2, 0.25) is 5.02 Å². The summed E-state index contributed by atoms with van der Waals surface area (Å²) in [5.41, 5.74) is 4.33. The number of sulfone groups is 1. The van der Waals surface area contributed by atoms with Gasteiger partial charge in [-0.1, -0.05) is 69.5 Å². The second kappa shape index (κ2) is 11.0. The molecule has 0 saturated heterocycles. The SMILES string of the molecule is C=C(C)c1cc(N(CCCC)CCCC)c(-c2ccc(Cl)cc2)c(S(=O)(=O)CC)c1. The third-order valence-electron chi connectivity index (χ3n) is 5.33. The Morgan fingerprint density at radius 2 is 1.57 bits per heavy atom. The third kappa shape index (κ3) is 5.89. The van der Waals surface area contributed by atoms with Crippen molar-refractivity contribution in [1.29, 1.82) is 0 Å². The smallest absolute Gasteiger partial charge is 0.178 e. The molecular weight excluding hydrogens is 414 g/mol. The molecule has 0 aromatic heterocycles. The molecule has 5 heteroatoms. The highest BCUT2D eigenvalue weighted by atomic mass is 35.5. The van der Waals surface area contributed by atoms with Gasteiger partial charge >= 0.3 is 0 Å². The van der Waals surface area contributed by atoms with Gasteiger partial charge < -0.3 is 4.90 Å². The van der Waals surface area contributed by atoms with Gasteiger partial charge in [-0.3, -0.25) is 0 Å². The van der Waals surface area contributed by atoms with Crippen LogP contribution in [0.3, 0.4) is 0 Å². The first-order chi connectivity index (χ1) is 14.2. The van der Waals surface area contributed by atoms with E-state index in [0.717, 1.165) is 66.7 Å². The first-order valence-electron chi connectivity index (χ1n) is 10.8. The Morgan fingerprint density at radius 1 is 1.00 bits per heavy atom. The fraction of sp³-hybridized carbons (Fsp3) is 0.440. The summed E-state index contributed by atoms with van der Waals surface area (Å²) >= 11 is 6.12. The lowest BCUT2D eigenvalue weighted by Gasteiger charge is -2.29. The Kier molecular flexibility index (Phi) is 8.99. The highest BCUT2D eigenvalue weighted by Crippen LogP contribution is 2.40. The van der Waals surface area contributed by atoms with E-state index in [1.165, 1.54) is 0 Å². The topological polar surface area (TPSA) is 37.4 Å². The molecule has 30 heavy (non-hydrogen) atoms. The van der Waals surface area contributed by atoms with Gasteiger partial charge in [-0.05, 0) is 55.2 Å². The molecule has 0 spiro atoms. The molecule has 2 aromatic carbocycles. The van der Waals surface area contributed by atoms with Crippen LogP contribution < -0.4 is 4.90 Å². The molecule has 0 aliphatic rings. The van der Waals surface area contributed by atoms with E-state index in [2.05, 4.69) is 31.4 Å². The van der Waals surface area contributed by atoms with Gasteiger partial charge in [0.15, 0.2) is 9.84 Å². The zero-order valence-electron chi connectivity index (χ0n) is 18.7. The van der Waals surface area contributed by atoms with Gasteiger partial charge in [0.25, 0.3) is 0 Å². The minimum Gasteiger partial charge on any atom is -0.371 e. The first kappa shape index (κ1) is 24.5. The number of allylic oxidation sites excluding steroid dienone is 1. The molecule has 0 fully saturated rings. The molecule has 0 aliphatic carbocycles. The largest absolute Gasteiger partial charge is 0.371 e. The molecule has 0 heterocycles. The van der Waals surface area contributed by atoms with Crippen LogP contribution in [0, 0.1) is 0 Å². The number of rotatable bonds is 11. The number of nitrogens with zero attached hydrogens (tertiary/aromatic N) is 1. The highest BCUT2D eigenvalue weighted by molar-refractivity contribution is 7.91. The average Bonchev–Trinajstić information content (AvgIpc) is 2.73. The fourth-order valence-electron chi connectivity index (χ4n) is 3.45. The average molecular weight is 448 g/mol. The van der Waals surface area contributed by atoms with E-state index in [4.69, 9.17) is 11.6 Å². The molecule has 164 valence electrons. The van der Waals surface area contributed by atoms with Crippen molar-refractivity contribution >= 4 is 32.7 Å². The molecule has 0 saturated carbocycles. The van der Waals surface area contributed by atoms with E-state index >= 15 is 0 Å². The monoisotopic (exact) mass is 447 g/mol. The second-order valence-corrected chi connectivity index (χ2v) is 10.4. The molecule has 0 atom stereocenters. The minimum atomic E-state index is -3.44. The Balaban J connectivity index is 2.87. The van der Waals surface area contributed by atoms with Crippen molar-refractivity contribution in [3.8, 4) is 11.1 Å². The normalized spacial score (nSPS) is 11.5. The number of hydrogen-bond donors (Lipinski definition) is 0. The standard InChI is InChI=1S/C25H34ClNO2S/c1-6-9-15-27(16-10-7-2)23-17-21(19(4)5)18-24(30(28,29)8-3)25(23)20-11-13-22(26)14-12-20/h11-14,17-18H,4,6-10,15-16H2,1-3,5H3. The molecule has 0 aliphatic heterocycles. The second-order valence-electron chi connectivity index (χ2n) is 7.75. The first-order valence-corrected chi connectivity index (χ1v) is 12.9. The Hall–Kier alpha value is -1.78. The van der Waals surface area contributed by atoms with Crippen LogP contribution in [0.4, 0.5) is 5.69 Å². The summed E-state index contributed by atoms with van der Waals surface area (Å²) in [7, 11) is -3.44. The molecule has 2 aromatic rings. The zero-order valence-corrected chi connectivity index (χ0v) is 20.2. The maximum absolute atomic E-state index is 13.2. The number of anilines is 1. The Morgan fingerprint density at radius 3 is 2.03 bits per heavy atom. The summed E-state index contributed by atoms with van der Waals surface area (Å²) in [5, 5.41) is 0.632. The molecule has 0 bridgehead atoms. The predicted molar refractivity (Wildman–Crippen MR) is 131 cm³/mol. The van der Waals surface area contributed by atoms with Crippen LogP contribution in [0.25, 0.3) is 16.7 Å². The van der Waals surface area contributed by atoms with Gasteiger partial charge in [-0.25, -0.2) is 8.42 Å². The summed E-state index contributed by atoms with van der Waals surface area (Å²) in [5.74, 6) is 0.0522. The quantitative estimate of drug-likeness (QED) is 0.364. The van der Waals surface area contributed by atoms with Crippen molar-refractivity contribution in [2.75, 3.05) is 23.7 Å². The lowest BCUT2D eigenvalue weighted by atomic mass is 9.97. The van der Waals surface area contributed by atoms with E-state index in [0.29, 0.717) is 9.92 Å². The van der Waals surface area contributed by atoms with Crippen LogP contribution in [0.5, 0.6) is 0 Å². The van der Waals surface area contributed by atoms with E-state index in [1.54, 1.807) is 13.0 Å². The van der Waals surface area contributed by atoms with Gasteiger partial charge in [0, 0.05) is 29.4 Å². The lowest BCUT2D eigenvalue weighted by molar-refractivity contribution is 0.597. The zero-order chi connectivity index (χ0) is 22.3. The predicted octanol–water partition coefficient (Wildman–Crippen LogP) is 7.24. The van der Waals surface area contributed by atoms with Gasteiger partial charge in [0.1, 0.15) is 0 Å². The summed E-state index contributed by atoms with van der Waals surface area (Å²) in [6.45, 7) is 13.8. The molecule has 2 rings (SSSR count). The van der Waals surface area contributed by atoms with Crippen molar-refractivity contribution in [2.45, 2.75) is 58.3 Å². The highest BCUT2D eigenvalue weighted by Gasteiger charge is 2.25. The van der Waals surface area contributed by atoms with Gasteiger partial charge in [0.05, 0.1) is 10.6 Å². The minimum absolute atomic E-state index is 0.0522. The van der Waals surface area contributed by atoms with Gasteiger partial charge in [-0.15, -0.1) is 0 Å². The van der Waals surface area contributed by atoms with Crippen LogP contribution in [0.1, 0.15) is 58.9 Å². The van der Waals surface area contributed by atoms with Gasteiger partial charge in [0.2, 0.25) is 0 Å². The van der Waals surface area contributed by atoms with Gasteiger partial charge in [-0.2, -0.15) is 0 Å². The maximum Gasteiger partial charge on any atom is 0.178 e. The Bertz CT molecular complexity index is 957. The van der Waals surface area contributed by atoms with Crippen LogP contribution in [-0.2, 0) is 9.84 Å². The molecular formula is C25H34ClNO2S. The summed E-state index contributed by atoms with van der Waals surface area (Å²) < 4.78 is 26.3. The van der Waals surface area contributed by atoms with Crippen molar-refractivity contribution in [3.63, 3.8) is 0 Å². The van der Waals surface area contributed by atoms with E-state index in [-0.39, 0.29) is 5.75 Å². The van der Waals surface area contributed by atoms with Crippen LogP contribution >= 0.6 is 11.6 Å². The summed E-state index contributed by atoms with van der Waals surface area (Å²) in [6.07, 6.45) is 4.27. The van der Waals surface area contributed by atoms with Crippen LogP contribution in [0.15, 0.2) is 47.9 Å². The molecule has 0 amide bonds. The molecule has 0 unspecified atom stereocenters. The third-order valence-corrected chi connectivity index (χ3v) is 7.33. The number of benzene rings is 2. The van der Waals surface area contributed by atoms with Crippen molar-refractivity contribution in [2.24, 2.45) is 0 Å². The van der Waals surface area contributed by atoms with E-state index < -0.39 is 9.84 Å². The molecule has 0 N–H and O–H groups in total. The maximum atomic E-state index is 13.2. The van der Waals surface area contributed by atoms with E-state index in [1.807, 2.05) is 31.2 Å². The Labute approximate surface area is 187 Å². The molecule has 3 nitrogen and oxygen atoms in total.